The molecule has 0 aromatic heterocycles. The van der Waals surface area contributed by atoms with Gasteiger partial charge in [0.2, 0.25) is 11.8 Å². The van der Waals surface area contributed by atoms with Crippen LogP contribution < -0.4 is 16.0 Å². The van der Waals surface area contributed by atoms with Gasteiger partial charge in [0, 0.05) is 25.2 Å². The molecule has 8 nitrogen and oxygen atoms in total. The first-order valence-corrected chi connectivity index (χ1v) is 8.97. The maximum absolute atomic E-state index is 12.8. The van der Waals surface area contributed by atoms with E-state index in [1.54, 1.807) is 18.2 Å². The minimum Gasteiger partial charge on any atom is -0.384 e. The van der Waals surface area contributed by atoms with Gasteiger partial charge in [0.1, 0.15) is 6.04 Å². The van der Waals surface area contributed by atoms with E-state index in [1.807, 2.05) is 7.05 Å². The molecule has 3 rings (SSSR count). The van der Waals surface area contributed by atoms with Crippen molar-refractivity contribution in [3.63, 3.8) is 0 Å². The van der Waals surface area contributed by atoms with Crippen molar-refractivity contribution >= 4 is 29.3 Å². The average Bonchev–Trinajstić information content (AvgIpc) is 2.84. The molecule has 2 aliphatic heterocycles. The number of anilines is 1. The highest BCUT2D eigenvalue weighted by Gasteiger charge is 2.44. The van der Waals surface area contributed by atoms with Crippen LogP contribution in [0.2, 0.25) is 0 Å². The molecule has 2 aliphatic rings. The van der Waals surface area contributed by atoms with Crippen molar-refractivity contribution in [3.05, 3.63) is 29.3 Å². The average molecular weight is 372 g/mol. The Hall–Kier alpha value is -2.74. The van der Waals surface area contributed by atoms with Gasteiger partial charge in [-0.1, -0.05) is 13.8 Å². The molecule has 1 atom stereocenters. The Kier molecular flexibility index (Phi) is 5.01. The van der Waals surface area contributed by atoms with E-state index in [9.17, 15) is 19.2 Å². The van der Waals surface area contributed by atoms with Gasteiger partial charge in [-0.2, -0.15) is 0 Å². The SMILES string of the molecule is CNCC(C)(C)CNc1ccc2c(c1)C(=O)N(C1CCC(=O)NC1=O)C2=O. The molecule has 0 bridgehead atoms. The van der Waals surface area contributed by atoms with E-state index in [4.69, 9.17) is 0 Å². The molecule has 0 spiro atoms. The van der Waals surface area contributed by atoms with Gasteiger partial charge in [-0.25, -0.2) is 0 Å². The standard InChI is InChI=1S/C19H24N4O4/c1-19(2,9-20-3)10-21-11-4-5-12-13(8-11)18(27)23(17(12)26)14-6-7-15(24)22-16(14)25/h4-5,8,14,20-21H,6-7,9-10H2,1-3H3,(H,22,24,25). The highest BCUT2D eigenvalue weighted by Crippen LogP contribution is 2.29. The maximum Gasteiger partial charge on any atom is 0.262 e. The van der Waals surface area contributed by atoms with Crippen LogP contribution in [0.15, 0.2) is 18.2 Å². The largest absolute Gasteiger partial charge is 0.384 e. The van der Waals surface area contributed by atoms with Crippen LogP contribution in [0.3, 0.4) is 0 Å². The fraction of sp³-hybridized carbons (Fsp3) is 0.474. The Labute approximate surface area is 157 Å². The molecular weight excluding hydrogens is 348 g/mol. The number of carbonyl (C=O) groups is 4. The topological polar surface area (TPSA) is 108 Å². The zero-order valence-corrected chi connectivity index (χ0v) is 15.7. The number of nitrogens with zero attached hydrogens (tertiary/aromatic N) is 1. The highest BCUT2D eigenvalue weighted by molar-refractivity contribution is 6.23. The van der Waals surface area contributed by atoms with Crippen LogP contribution in [0.25, 0.3) is 0 Å². The minimum absolute atomic E-state index is 0.00630. The third kappa shape index (κ3) is 3.71. The molecule has 0 radical (unpaired) electrons. The predicted molar refractivity (Wildman–Crippen MR) is 99.3 cm³/mol. The number of benzene rings is 1. The van der Waals surface area contributed by atoms with Crippen molar-refractivity contribution in [2.24, 2.45) is 5.41 Å². The Morgan fingerprint density at radius 3 is 2.48 bits per heavy atom. The second kappa shape index (κ2) is 7.11. The first-order chi connectivity index (χ1) is 12.7. The van der Waals surface area contributed by atoms with Crippen LogP contribution in [0.1, 0.15) is 47.4 Å². The molecule has 1 fully saturated rings. The molecule has 8 heteroatoms. The molecule has 1 saturated heterocycles. The normalized spacial score (nSPS) is 20.0. The summed E-state index contributed by atoms with van der Waals surface area (Å²) in [6, 6.07) is 4.07. The molecule has 144 valence electrons. The predicted octanol–water partition coefficient (Wildman–Crippen LogP) is 0.745. The van der Waals surface area contributed by atoms with E-state index >= 15 is 0 Å². The lowest BCUT2D eigenvalue weighted by Gasteiger charge is -2.27. The third-order valence-electron chi connectivity index (χ3n) is 4.87. The summed E-state index contributed by atoms with van der Waals surface area (Å²) in [7, 11) is 1.89. The molecule has 4 amide bonds. The Morgan fingerprint density at radius 2 is 1.81 bits per heavy atom. The van der Waals surface area contributed by atoms with E-state index in [2.05, 4.69) is 29.8 Å². The summed E-state index contributed by atoms with van der Waals surface area (Å²) in [5.41, 5.74) is 1.31. The van der Waals surface area contributed by atoms with Gasteiger partial charge < -0.3 is 10.6 Å². The Morgan fingerprint density at radius 1 is 1.11 bits per heavy atom. The summed E-state index contributed by atoms with van der Waals surface area (Å²) in [4.78, 5) is 49.8. The highest BCUT2D eigenvalue weighted by atomic mass is 16.2. The Bertz CT molecular complexity index is 818. The fourth-order valence-electron chi connectivity index (χ4n) is 3.46. The summed E-state index contributed by atoms with van der Waals surface area (Å²) in [5, 5.41) is 8.63. The van der Waals surface area contributed by atoms with E-state index < -0.39 is 23.8 Å². The lowest BCUT2D eigenvalue weighted by Crippen LogP contribution is -2.54. The molecule has 0 saturated carbocycles. The van der Waals surface area contributed by atoms with Crippen LogP contribution >= 0.6 is 0 Å². The number of piperidine rings is 1. The monoisotopic (exact) mass is 372 g/mol. The third-order valence-corrected chi connectivity index (χ3v) is 4.87. The number of hydrogen-bond acceptors (Lipinski definition) is 6. The number of hydrogen-bond donors (Lipinski definition) is 3. The smallest absolute Gasteiger partial charge is 0.262 e. The molecule has 1 aromatic carbocycles. The van der Waals surface area contributed by atoms with Crippen LogP contribution in [0, 0.1) is 5.41 Å². The summed E-state index contributed by atoms with van der Waals surface area (Å²) in [5.74, 6) is -1.98. The Balaban J connectivity index is 1.78. The van der Waals surface area contributed by atoms with Gasteiger partial charge in [-0.05, 0) is 37.1 Å². The number of nitrogens with one attached hydrogen (secondary N) is 3. The molecule has 27 heavy (non-hydrogen) atoms. The number of rotatable bonds is 6. The van der Waals surface area contributed by atoms with E-state index in [1.165, 1.54) is 0 Å². The van der Waals surface area contributed by atoms with Crippen molar-refractivity contribution in [1.82, 2.24) is 15.5 Å². The van der Waals surface area contributed by atoms with E-state index in [-0.39, 0.29) is 35.3 Å². The molecule has 1 aromatic rings. The fourth-order valence-corrected chi connectivity index (χ4v) is 3.46. The summed E-state index contributed by atoms with van der Waals surface area (Å²) in [6.45, 7) is 5.74. The lowest BCUT2D eigenvalue weighted by molar-refractivity contribution is -0.136. The van der Waals surface area contributed by atoms with Gasteiger partial charge in [-0.3, -0.25) is 29.4 Å². The zero-order valence-electron chi connectivity index (χ0n) is 15.7. The molecular formula is C19H24N4O4. The summed E-state index contributed by atoms with van der Waals surface area (Å²) < 4.78 is 0. The molecule has 2 heterocycles. The van der Waals surface area contributed by atoms with Gasteiger partial charge in [0.15, 0.2) is 0 Å². The number of carbonyl (C=O) groups excluding carboxylic acids is 4. The van der Waals surface area contributed by atoms with Crippen molar-refractivity contribution < 1.29 is 19.2 Å². The maximum atomic E-state index is 12.8. The van der Waals surface area contributed by atoms with Crippen molar-refractivity contribution in [3.8, 4) is 0 Å². The van der Waals surface area contributed by atoms with Crippen molar-refractivity contribution in [2.45, 2.75) is 32.7 Å². The van der Waals surface area contributed by atoms with Crippen molar-refractivity contribution in [2.75, 3.05) is 25.5 Å². The molecule has 0 aliphatic carbocycles. The summed E-state index contributed by atoms with van der Waals surface area (Å²) in [6.07, 6.45) is 0.261. The number of amides is 4. The first kappa shape index (κ1) is 19.0. The molecule has 1 unspecified atom stereocenters. The van der Waals surface area contributed by atoms with Gasteiger partial charge in [-0.15, -0.1) is 0 Å². The minimum atomic E-state index is -0.943. The summed E-state index contributed by atoms with van der Waals surface area (Å²) >= 11 is 0. The van der Waals surface area contributed by atoms with E-state index in [0.29, 0.717) is 6.54 Å². The number of imide groups is 2. The van der Waals surface area contributed by atoms with Crippen LogP contribution in [0.4, 0.5) is 5.69 Å². The second-order valence-electron chi connectivity index (χ2n) is 7.76. The van der Waals surface area contributed by atoms with Gasteiger partial charge in [0.25, 0.3) is 11.8 Å². The van der Waals surface area contributed by atoms with Gasteiger partial charge in [0.05, 0.1) is 11.1 Å². The van der Waals surface area contributed by atoms with Crippen LogP contribution in [-0.4, -0.2) is 54.7 Å². The second-order valence-corrected chi connectivity index (χ2v) is 7.76. The lowest BCUT2D eigenvalue weighted by atomic mass is 9.93. The van der Waals surface area contributed by atoms with Crippen LogP contribution in [0.5, 0.6) is 0 Å². The quantitative estimate of drug-likeness (QED) is 0.636. The van der Waals surface area contributed by atoms with E-state index in [0.717, 1.165) is 17.1 Å². The first-order valence-electron chi connectivity index (χ1n) is 8.97. The number of fused-ring (bicyclic) bond motifs is 1. The van der Waals surface area contributed by atoms with Crippen molar-refractivity contribution in [1.29, 1.82) is 0 Å². The zero-order chi connectivity index (χ0) is 19.8. The van der Waals surface area contributed by atoms with Crippen LogP contribution in [-0.2, 0) is 9.59 Å². The van der Waals surface area contributed by atoms with Gasteiger partial charge >= 0.3 is 0 Å². The molecule has 3 N–H and O–H groups in total.